The van der Waals surface area contributed by atoms with Crippen molar-refractivity contribution in [2.45, 2.75) is 19.4 Å². The monoisotopic (exact) mass is 354 g/mol. The Morgan fingerprint density at radius 1 is 1.23 bits per heavy atom. The van der Waals surface area contributed by atoms with Gasteiger partial charge in [-0.1, -0.05) is 0 Å². The van der Waals surface area contributed by atoms with E-state index in [0.717, 1.165) is 0 Å². The molecule has 0 aliphatic heterocycles. The highest BCUT2D eigenvalue weighted by atomic mass is 31.2. The lowest BCUT2D eigenvalue weighted by Crippen LogP contribution is -2.23. The smallest absolute Gasteiger partial charge is 0.362 e. The number of nitrogens with one attached hydrogen (secondary N) is 1. The molecule has 11 heteroatoms. The highest BCUT2D eigenvalue weighted by molar-refractivity contribution is 7.72. The van der Waals surface area contributed by atoms with Gasteiger partial charge in [0.15, 0.2) is 0 Å². The maximum absolute atomic E-state index is 12.2. The Hall–Kier alpha value is -0.950. The number of pyridine rings is 1. The number of anilines is 1. The molecule has 0 spiro atoms. The number of ether oxygens (including phenoxy) is 1. The quantitative estimate of drug-likeness (QED) is 0.572. The first-order chi connectivity index (χ1) is 10.3. The second-order valence-electron chi connectivity index (χ2n) is 4.04. The van der Waals surface area contributed by atoms with E-state index in [0.29, 0.717) is 0 Å². The molecule has 126 valence electrons. The van der Waals surface area contributed by atoms with E-state index in [9.17, 15) is 18.9 Å². The third-order valence-electron chi connectivity index (χ3n) is 2.50. The summed E-state index contributed by atoms with van der Waals surface area (Å²) in [5.74, 6) is 0.0977. The van der Waals surface area contributed by atoms with Crippen LogP contribution in [0.25, 0.3) is 0 Å². The van der Waals surface area contributed by atoms with Gasteiger partial charge in [0.2, 0.25) is 11.4 Å². The molecule has 0 radical (unpaired) electrons. The number of rotatable bonds is 9. The number of methoxy groups -OCH3 is 1. The lowest BCUT2D eigenvalue weighted by molar-refractivity contribution is 0.250. The van der Waals surface area contributed by atoms with Crippen molar-refractivity contribution in [2.24, 2.45) is 0 Å². The van der Waals surface area contributed by atoms with E-state index in [2.05, 4.69) is 10.3 Å². The third kappa shape index (κ3) is 4.78. The molecule has 0 aromatic carbocycles. The van der Waals surface area contributed by atoms with E-state index in [4.69, 9.17) is 13.8 Å². The summed E-state index contributed by atoms with van der Waals surface area (Å²) in [6, 6.07) is 3.02. The van der Waals surface area contributed by atoms with E-state index < -0.39 is 20.7 Å². The topological polar surface area (TPSA) is 127 Å². The average Bonchev–Trinajstić information content (AvgIpc) is 2.44. The maximum Gasteiger partial charge on any atom is 0.362 e. The van der Waals surface area contributed by atoms with Crippen LogP contribution < -0.4 is 10.1 Å². The zero-order valence-electron chi connectivity index (χ0n) is 12.5. The van der Waals surface area contributed by atoms with E-state index >= 15 is 0 Å². The van der Waals surface area contributed by atoms with Crippen LogP contribution in [0.2, 0.25) is 0 Å². The summed E-state index contributed by atoms with van der Waals surface area (Å²) in [7, 11) is -7.61. The molecule has 1 heterocycles. The van der Waals surface area contributed by atoms with Crippen molar-refractivity contribution in [3.05, 3.63) is 18.3 Å². The Bertz CT molecular complexity index is 557. The maximum atomic E-state index is 12.2. The standard InChI is InChI=1S/C11H20N2O7P2/c1-4-19-21(14,15)11(22(16,17)20-5-2)13-9-7-6-8-12-10(9)18-3/h6-8,11,13H,4-5H2,1-3H3,(H,14,15)(H,16,17). The van der Waals surface area contributed by atoms with Gasteiger partial charge >= 0.3 is 15.2 Å². The van der Waals surface area contributed by atoms with Gasteiger partial charge in [0.05, 0.1) is 26.0 Å². The first kappa shape index (κ1) is 19.1. The summed E-state index contributed by atoms with van der Waals surface area (Å²) in [5, 5.41) is 2.48. The summed E-state index contributed by atoms with van der Waals surface area (Å²) >= 11 is 0. The second-order valence-corrected chi connectivity index (χ2v) is 8.26. The van der Waals surface area contributed by atoms with E-state index in [1.54, 1.807) is 0 Å². The Morgan fingerprint density at radius 2 is 1.77 bits per heavy atom. The van der Waals surface area contributed by atoms with Gasteiger partial charge in [0.25, 0.3) is 0 Å². The minimum Gasteiger partial charge on any atom is -0.480 e. The Labute approximate surface area is 128 Å². The molecule has 1 aromatic rings. The fourth-order valence-electron chi connectivity index (χ4n) is 1.66. The molecule has 9 nitrogen and oxygen atoms in total. The molecule has 0 aliphatic rings. The first-order valence-electron chi connectivity index (χ1n) is 6.48. The molecule has 0 saturated carbocycles. The van der Waals surface area contributed by atoms with Crippen molar-refractivity contribution in [2.75, 3.05) is 25.6 Å². The zero-order chi connectivity index (χ0) is 16.8. The van der Waals surface area contributed by atoms with Crippen LogP contribution in [0.3, 0.4) is 0 Å². The predicted octanol–water partition coefficient (Wildman–Crippen LogP) is 2.23. The van der Waals surface area contributed by atoms with Crippen LogP contribution in [0.15, 0.2) is 18.3 Å². The Morgan fingerprint density at radius 3 is 2.23 bits per heavy atom. The van der Waals surface area contributed by atoms with Crippen LogP contribution in [0.5, 0.6) is 5.88 Å². The lowest BCUT2D eigenvalue weighted by atomic mass is 10.4. The normalized spacial score (nSPS) is 18.0. The number of nitrogens with zero attached hydrogens (tertiary/aromatic N) is 1. The zero-order valence-corrected chi connectivity index (χ0v) is 14.3. The van der Waals surface area contributed by atoms with Crippen molar-refractivity contribution >= 4 is 20.9 Å². The third-order valence-corrected chi connectivity index (χ3v) is 7.00. The molecule has 0 fully saturated rings. The molecule has 0 aliphatic carbocycles. The summed E-state index contributed by atoms with van der Waals surface area (Å²) in [4.78, 5) is 23.8. The molecule has 2 atom stereocenters. The van der Waals surface area contributed by atoms with Crippen molar-refractivity contribution in [3.63, 3.8) is 0 Å². The van der Waals surface area contributed by atoms with Crippen LogP contribution in [-0.2, 0) is 18.2 Å². The molecule has 22 heavy (non-hydrogen) atoms. The molecule has 1 aromatic heterocycles. The van der Waals surface area contributed by atoms with E-state index in [1.165, 1.54) is 39.3 Å². The highest BCUT2D eigenvalue weighted by Gasteiger charge is 2.47. The molecular formula is C11H20N2O7P2. The van der Waals surface area contributed by atoms with Crippen molar-refractivity contribution < 1.29 is 32.7 Å². The molecule has 0 saturated heterocycles. The second kappa shape index (κ2) is 8.06. The van der Waals surface area contributed by atoms with Crippen LogP contribution in [0.4, 0.5) is 5.69 Å². The fraction of sp³-hybridized carbons (Fsp3) is 0.545. The summed E-state index contributed by atoms with van der Waals surface area (Å²) in [6.45, 7) is 2.77. The summed E-state index contributed by atoms with van der Waals surface area (Å²) < 4.78 is 39.0. The van der Waals surface area contributed by atoms with Gasteiger partial charge < -0.3 is 28.9 Å². The van der Waals surface area contributed by atoms with Gasteiger partial charge in [-0.15, -0.1) is 0 Å². The van der Waals surface area contributed by atoms with Gasteiger partial charge in [-0.3, -0.25) is 9.13 Å². The van der Waals surface area contributed by atoms with Gasteiger partial charge in [0.1, 0.15) is 0 Å². The number of aromatic nitrogens is 1. The minimum absolute atomic E-state index is 0.0977. The van der Waals surface area contributed by atoms with Gasteiger partial charge in [-0.05, 0) is 26.0 Å². The SMILES string of the molecule is CCOP(=O)(O)C(Nc1cccnc1OC)P(=O)(O)OCC. The molecular weight excluding hydrogens is 334 g/mol. The summed E-state index contributed by atoms with van der Waals surface area (Å²) in [5.41, 5.74) is -1.70. The van der Waals surface area contributed by atoms with Gasteiger partial charge in [-0.2, -0.15) is 0 Å². The van der Waals surface area contributed by atoms with Gasteiger partial charge in [-0.25, -0.2) is 4.98 Å². The van der Waals surface area contributed by atoms with Crippen molar-refractivity contribution in [1.82, 2.24) is 4.98 Å². The van der Waals surface area contributed by atoms with Crippen LogP contribution in [0, 0.1) is 0 Å². The van der Waals surface area contributed by atoms with Gasteiger partial charge in [0, 0.05) is 6.20 Å². The Kier molecular flexibility index (Phi) is 6.99. The predicted molar refractivity (Wildman–Crippen MR) is 81.1 cm³/mol. The molecule has 0 amide bonds. The van der Waals surface area contributed by atoms with Crippen LogP contribution in [-0.4, -0.2) is 40.6 Å². The lowest BCUT2D eigenvalue weighted by Gasteiger charge is -2.27. The molecule has 0 bridgehead atoms. The minimum atomic E-state index is -4.48. The van der Waals surface area contributed by atoms with Crippen LogP contribution in [0.1, 0.15) is 13.8 Å². The molecule has 1 rings (SSSR count). The molecule has 3 N–H and O–H groups in total. The van der Waals surface area contributed by atoms with E-state index in [1.807, 2.05) is 0 Å². The van der Waals surface area contributed by atoms with Crippen LogP contribution >= 0.6 is 15.2 Å². The molecule has 2 unspecified atom stereocenters. The van der Waals surface area contributed by atoms with E-state index in [-0.39, 0.29) is 24.8 Å². The van der Waals surface area contributed by atoms with Crippen molar-refractivity contribution in [1.29, 1.82) is 0 Å². The summed E-state index contributed by atoms with van der Waals surface area (Å²) in [6.07, 6.45) is 1.45. The first-order valence-corrected chi connectivity index (χ1v) is 9.77. The number of hydrogen-bond donors (Lipinski definition) is 3. The number of hydrogen-bond acceptors (Lipinski definition) is 7. The largest absolute Gasteiger partial charge is 0.480 e. The highest BCUT2D eigenvalue weighted by Crippen LogP contribution is 2.65. The Balaban J connectivity index is 3.21. The fourth-order valence-corrected chi connectivity index (χ4v) is 5.16. The van der Waals surface area contributed by atoms with Crippen molar-refractivity contribution in [3.8, 4) is 5.88 Å². The average molecular weight is 354 g/mol.